The van der Waals surface area contributed by atoms with Crippen molar-refractivity contribution in [1.29, 1.82) is 0 Å². The van der Waals surface area contributed by atoms with E-state index in [-0.39, 0.29) is 5.91 Å². The zero-order chi connectivity index (χ0) is 17.9. The van der Waals surface area contributed by atoms with Gasteiger partial charge in [0.1, 0.15) is 5.75 Å². The Balaban J connectivity index is 1.31. The third-order valence-electron chi connectivity index (χ3n) is 4.38. The van der Waals surface area contributed by atoms with Gasteiger partial charge in [0.25, 0.3) is 5.91 Å². The number of aromatic nitrogens is 2. The van der Waals surface area contributed by atoms with Crippen LogP contribution in [0.4, 0.5) is 0 Å². The van der Waals surface area contributed by atoms with Gasteiger partial charge in [-0.15, -0.1) is 0 Å². The molecule has 0 radical (unpaired) electrons. The Morgan fingerprint density at radius 3 is 2.81 bits per heavy atom. The van der Waals surface area contributed by atoms with Gasteiger partial charge in [-0.2, -0.15) is 5.10 Å². The van der Waals surface area contributed by atoms with E-state index in [1.54, 1.807) is 12.3 Å². The van der Waals surface area contributed by atoms with Crippen molar-refractivity contribution >= 4 is 17.5 Å². The first-order chi connectivity index (χ1) is 12.7. The van der Waals surface area contributed by atoms with E-state index < -0.39 is 6.10 Å². The van der Waals surface area contributed by atoms with Crippen LogP contribution in [0.1, 0.15) is 16.7 Å². The highest BCUT2D eigenvalue weighted by Crippen LogP contribution is 2.31. The Morgan fingerprint density at radius 1 is 1.23 bits per heavy atom. The zero-order valence-corrected chi connectivity index (χ0v) is 14.8. The molecule has 2 heterocycles. The average Bonchev–Trinajstić information content (AvgIpc) is 3.30. The molecule has 6 heteroatoms. The lowest BCUT2D eigenvalue weighted by molar-refractivity contribution is -0.127. The van der Waals surface area contributed by atoms with Crippen LogP contribution in [0.25, 0.3) is 0 Å². The second kappa shape index (κ2) is 7.22. The summed E-state index contributed by atoms with van der Waals surface area (Å²) in [5.74, 6) is 0.621. The lowest BCUT2D eigenvalue weighted by atomic mass is 10.1. The standard InChI is InChI=1S/C20H18ClN3O2/c21-17-6-7-18-16(10-17)11-19(26-18)20(25)22-12-14-2-4-15(5-3-14)13-24-9-1-8-23-24/h1-10,19H,11-13H2,(H,22,25). The highest BCUT2D eigenvalue weighted by molar-refractivity contribution is 6.30. The molecule has 1 aromatic heterocycles. The number of hydrogen-bond donors (Lipinski definition) is 1. The summed E-state index contributed by atoms with van der Waals surface area (Å²) in [7, 11) is 0. The van der Waals surface area contributed by atoms with Gasteiger partial charge in [-0.05, 0) is 41.0 Å². The molecular formula is C20H18ClN3O2. The van der Waals surface area contributed by atoms with Crippen molar-refractivity contribution in [3.8, 4) is 5.75 Å². The van der Waals surface area contributed by atoms with Crippen LogP contribution in [0.3, 0.4) is 0 Å². The Bertz CT molecular complexity index is 907. The quantitative estimate of drug-likeness (QED) is 0.753. The van der Waals surface area contributed by atoms with E-state index in [4.69, 9.17) is 16.3 Å². The van der Waals surface area contributed by atoms with Gasteiger partial charge in [-0.25, -0.2) is 0 Å². The number of carbonyl (C=O) groups excluding carboxylic acids is 1. The molecule has 1 unspecified atom stereocenters. The summed E-state index contributed by atoms with van der Waals surface area (Å²) in [6, 6.07) is 15.5. The molecule has 1 aliphatic heterocycles. The molecule has 5 nitrogen and oxygen atoms in total. The van der Waals surface area contributed by atoms with Gasteiger partial charge in [-0.1, -0.05) is 35.9 Å². The van der Waals surface area contributed by atoms with Crippen LogP contribution in [-0.2, 0) is 24.3 Å². The van der Waals surface area contributed by atoms with Crippen LogP contribution in [0.15, 0.2) is 60.9 Å². The molecule has 2 aromatic carbocycles. The highest BCUT2D eigenvalue weighted by atomic mass is 35.5. The topological polar surface area (TPSA) is 56.2 Å². The molecule has 1 atom stereocenters. The third-order valence-corrected chi connectivity index (χ3v) is 4.62. The van der Waals surface area contributed by atoms with Crippen molar-refractivity contribution in [3.63, 3.8) is 0 Å². The fourth-order valence-corrected chi connectivity index (χ4v) is 3.20. The van der Waals surface area contributed by atoms with Gasteiger partial charge in [0.15, 0.2) is 6.10 Å². The number of rotatable bonds is 5. The summed E-state index contributed by atoms with van der Waals surface area (Å²) in [6.45, 7) is 1.20. The fourth-order valence-electron chi connectivity index (χ4n) is 3.01. The van der Waals surface area contributed by atoms with Gasteiger partial charge in [-0.3, -0.25) is 9.48 Å². The maximum atomic E-state index is 12.4. The van der Waals surface area contributed by atoms with Crippen molar-refractivity contribution in [2.45, 2.75) is 25.6 Å². The minimum atomic E-state index is -0.498. The number of benzene rings is 2. The Labute approximate surface area is 156 Å². The van der Waals surface area contributed by atoms with Crippen LogP contribution in [0, 0.1) is 0 Å². The van der Waals surface area contributed by atoms with E-state index in [9.17, 15) is 4.79 Å². The zero-order valence-electron chi connectivity index (χ0n) is 14.1. The number of hydrogen-bond acceptors (Lipinski definition) is 3. The average molecular weight is 368 g/mol. The molecule has 0 aliphatic carbocycles. The van der Waals surface area contributed by atoms with E-state index in [0.29, 0.717) is 18.0 Å². The number of halogens is 1. The molecular weight excluding hydrogens is 350 g/mol. The molecule has 3 aromatic rings. The van der Waals surface area contributed by atoms with Gasteiger partial charge in [0, 0.05) is 30.4 Å². The van der Waals surface area contributed by atoms with E-state index in [1.165, 1.54) is 0 Å². The molecule has 26 heavy (non-hydrogen) atoms. The lowest BCUT2D eigenvalue weighted by Gasteiger charge is -2.11. The summed E-state index contributed by atoms with van der Waals surface area (Å²) in [4.78, 5) is 12.4. The molecule has 0 fully saturated rings. The van der Waals surface area contributed by atoms with E-state index in [1.807, 2.05) is 53.3 Å². The summed E-state index contributed by atoms with van der Waals surface area (Å²) in [5, 5.41) is 7.79. The SMILES string of the molecule is O=C(NCc1ccc(Cn2cccn2)cc1)C1Cc2cc(Cl)ccc2O1. The predicted molar refractivity (Wildman–Crippen MR) is 99.2 cm³/mol. The van der Waals surface area contributed by atoms with Crippen LogP contribution < -0.4 is 10.1 Å². The lowest BCUT2D eigenvalue weighted by Crippen LogP contribution is -2.37. The highest BCUT2D eigenvalue weighted by Gasteiger charge is 2.28. The largest absolute Gasteiger partial charge is 0.480 e. The minimum absolute atomic E-state index is 0.113. The molecule has 132 valence electrons. The first-order valence-electron chi connectivity index (χ1n) is 8.45. The molecule has 0 bridgehead atoms. The summed E-state index contributed by atoms with van der Waals surface area (Å²) < 4.78 is 7.58. The Morgan fingerprint density at radius 2 is 2.04 bits per heavy atom. The number of nitrogens with zero attached hydrogens (tertiary/aromatic N) is 2. The minimum Gasteiger partial charge on any atom is -0.480 e. The molecule has 0 saturated carbocycles. The maximum Gasteiger partial charge on any atom is 0.261 e. The van der Waals surface area contributed by atoms with Gasteiger partial charge >= 0.3 is 0 Å². The number of amides is 1. The van der Waals surface area contributed by atoms with Gasteiger partial charge in [0.2, 0.25) is 0 Å². The molecule has 0 saturated heterocycles. The van der Waals surface area contributed by atoms with E-state index >= 15 is 0 Å². The van der Waals surface area contributed by atoms with Crippen molar-refractivity contribution in [3.05, 3.63) is 82.6 Å². The summed E-state index contributed by atoms with van der Waals surface area (Å²) >= 11 is 5.99. The monoisotopic (exact) mass is 367 g/mol. The molecule has 0 spiro atoms. The van der Waals surface area contributed by atoms with Gasteiger partial charge in [0.05, 0.1) is 6.54 Å². The van der Waals surface area contributed by atoms with Crippen LogP contribution in [0.5, 0.6) is 5.75 Å². The Hall–Kier alpha value is -2.79. The van der Waals surface area contributed by atoms with Crippen molar-refractivity contribution in [2.24, 2.45) is 0 Å². The summed E-state index contributed by atoms with van der Waals surface area (Å²) in [5.41, 5.74) is 3.18. The van der Waals surface area contributed by atoms with Crippen LogP contribution >= 0.6 is 11.6 Å². The van der Waals surface area contributed by atoms with Crippen LogP contribution in [-0.4, -0.2) is 21.8 Å². The molecule has 4 rings (SSSR count). The number of nitrogens with one attached hydrogen (secondary N) is 1. The normalized spacial score (nSPS) is 15.3. The smallest absolute Gasteiger partial charge is 0.261 e. The third kappa shape index (κ3) is 3.73. The second-order valence-electron chi connectivity index (χ2n) is 6.30. The van der Waals surface area contributed by atoms with Crippen LogP contribution in [0.2, 0.25) is 5.02 Å². The second-order valence-corrected chi connectivity index (χ2v) is 6.74. The molecule has 1 N–H and O–H groups in total. The first-order valence-corrected chi connectivity index (χ1v) is 8.83. The summed E-state index contributed by atoms with van der Waals surface area (Å²) in [6.07, 6.45) is 3.75. The van der Waals surface area contributed by atoms with Crippen molar-refractivity contribution in [1.82, 2.24) is 15.1 Å². The fraction of sp³-hybridized carbons (Fsp3) is 0.200. The number of ether oxygens (including phenoxy) is 1. The maximum absolute atomic E-state index is 12.4. The van der Waals surface area contributed by atoms with E-state index in [0.717, 1.165) is 29.0 Å². The Kier molecular flexibility index (Phi) is 4.63. The van der Waals surface area contributed by atoms with E-state index in [2.05, 4.69) is 10.4 Å². The van der Waals surface area contributed by atoms with Crippen molar-refractivity contribution < 1.29 is 9.53 Å². The molecule has 1 amide bonds. The number of carbonyl (C=O) groups is 1. The first kappa shape index (κ1) is 16.7. The predicted octanol–water partition coefficient (Wildman–Crippen LogP) is 3.20. The van der Waals surface area contributed by atoms with Gasteiger partial charge < -0.3 is 10.1 Å². The number of fused-ring (bicyclic) bond motifs is 1. The van der Waals surface area contributed by atoms with Crippen molar-refractivity contribution in [2.75, 3.05) is 0 Å². The molecule has 1 aliphatic rings.